The van der Waals surface area contributed by atoms with E-state index in [0.29, 0.717) is 42.8 Å². The Morgan fingerprint density at radius 2 is 0.857 bits per heavy atom. The zero-order valence-electron chi connectivity index (χ0n) is 35.7. The molecule has 0 aromatic rings. The van der Waals surface area contributed by atoms with Crippen LogP contribution in [0.2, 0.25) is 0 Å². The van der Waals surface area contributed by atoms with Gasteiger partial charge >= 0.3 is 0 Å². The van der Waals surface area contributed by atoms with Crippen LogP contribution in [0.5, 0.6) is 0 Å². The fourth-order valence-electron chi connectivity index (χ4n) is 3.32. The topological polar surface area (TPSA) is 95.1 Å². The largest absolute Gasteiger partial charge is 0.379 e. The number of rotatable bonds is 25. The minimum atomic E-state index is 0.113. The quantitative estimate of drug-likeness (QED) is 0.0920. The molecule has 0 spiro atoms. The van der Waals surface area contributed by atoms with Crippen molar-refractivity contribution < 1.29 is 28.5 Å². The summed E-state index contributed by atoms with van der Waals surface area (Å²) in [6.07, 6.45) is 6.42. The lowest BCUT2D eigenvalue weighted by Crippen LogP contribution is -2.29. The van der Waals surface area contributed by atoms with Gasteiger partial charge in [-0.25, -0.2) is 0 Å². The summed E-state index contributed by atoms with van der Waals surface area (Å²) in [6, 6.07) is 0. The van der Waals surface area contributed by atoms with Crippen molar-refractivity contribution in [3.05, 3.63) is 0 Å². The van der Waals surface area contributed by atoms with Crippen molar-refractivity contribution in [2.75, 3.05) is 59.3 Å². The Balaban J connectivity index is -0.000000277. The van der Waals surface area contributed by atoms with Crippen LogP contribution in [0.1, 0.15) is 149 Å². The summed E-state index contributed by atoms with van der Waals surface area (Å²) < 4.78 is 21.5. The molecule has 8 heteroatoms. The first kappa shape index (κ1) is 54.6. The maximum Gasteiger partial charge on any atom is 0.222 e. The number of ether oxygens (including phenoxy) is 4. The molecular formula is C41H88N2O6. The van der Waals surface area contributed by atoms with Crippen molar-refractivity contribution in [3.8, 4) is 0 Å². The monoisotopic (exact) mass is 705 g/mol. The highest BCUT2D eigenvalue weighted by Crippen LogP contribution is 2.04. The summed E-state index contributed by atoms with van der Waals surface area (Å²) in [4.78, 5) is 22.2. The maximum atomic E-state index is 11.2. The summed E-state index contributed by atoms with van der Waals surface area (Å²) in [7, 11) is 0. The van der Waals surface area contributed by atoms with E-state index >= 15 is 0 Å². The zero-order chi connectivity index (χ0) is 38.6. The van der Waals surface area contributed by atoms with Gasteiger partial charge in [-0.05, 0) is 81.5 Å². The normalized spacial score (nSPS) is 11.2. The van der Waals surface area contributed by atoms with Gasteiger partial charge in [-0.1, -0.05) is 96.9 Å². The third kappa shape index (κ3) is 62.4. The molecule has 0 heterocycles. The van der Waals surface area contributed by atoms with E-state index in [4.69, 9.17) is 18.9 Å². The number of amides is 2. The molecule has 0 aliphatic heterocycles. The van der Waals surface area contributed by atoms with E-state index in [0.717, 1.165) is 96.7 Å². The lowest BCUT2D eigenvalue weighted by Gasteiger charge is -2.09. The molecule has 49 heavy (non-hydrogen) atoms. The smallest absolute Gasteiger partial charge is 0.222 e. The Bertz CT molecular complexity index is 655. The van der Waals surface area contributed by atoms with Crippen LogP contribution in [0.4, 0.5) is 0 Å². The predicted molar refractivity (Wildman–Crippen MR) is 211 cm³/mol. The third-order valence-corrected chi connectivity index (χ3v) is 6.72. The van der Waals surface area contributed by atoms with Gasteiger partial charge in [0.2, 0.25) is 11.8 Å². The third-order valence-electron chi connectivity index (χ3n) is 6.72. The Labute approximate surface area is 306 Å². The molecule has 0 aliphatic rings. The molecule has 0 fully saturated rings. The minimum Gasteiger partial charge on any atom is -0.379 e. The SMILES string of the molecule is CC(C)CCNC(=O)C(C)C.CC(C)CCNC(=O)CCC(C)C.CC(C)CCOCCOCCC(C)C.CC(C)COCCOC(C)C. The van der Waals surface area contributed by atoms with Crippen molar-refractivity contribution in [2.45, 2.75) is 155 Å². The summed E-state index contributed by atoms with van der Waals surface area (Å²) in [6.45, 7) is 41.0. The number of carbonyl (C=O) groups excluding carboxylic acids is 2. The standard InChI is InChI=1S/C12H26O2.C11H23NO.C9H19NO.C9H20O2/c1-11(2)5-7-13-9-10-14-8-6-12(3)4;1-9(2)5-6-11(13)12-8-7-10(3)4;1-7(2)5-6-10-9(11)8(3)4;1-8(2)7-10-5-6-11-9(3)4/h11-12H,5-10H2,1-4H3;9-10H,5-8H2,1-4H3,(H,12,13);7-8H,5-6H2,1-4H3,(H,10,11);8-9H,5-7H2,1-4H3. The molecule has 0 aromatic heterocycles. The van der Waals surface area contributed by atoms with Crippen molar-refractivity contribution in [3.63, 3.8) is 0 Å². The van der Waals surface area contributed by atoms with E-state index in [-0.39, 0.29) is 17.7 Å². The molecule has 0 unspecified atom stereocenters. The molecule has 8 nitrogen and oxygen atoms in total. The highest BCUT2D eigenvalue weighted by molar-refractivity contribution is 5.77. The Morgan fingerprint density at radius 3 is 1.22 bits per heavy atom. The maximum absolute atomic E-state index is 11.2. The minimum absolute atomic E-state index is 0.113. The van der Waals surface area contributed by atoms with Crippen molar-refractivity contribution in [1.29, 1.82) is 0 Å². The van der Waals surface area contributed by atoms with Crippen LogP contribution in [-0.4, -0.2) is 77.3 Å². The molecule has 0 saturated heterocycles. The van der Waals surface area contributed by atoms with Gasteiger partial charge in [0.1, 0.15) is 0 Å². The Hall–Kier alpha value is -1.22. The molecule has 2 N–H and O–H groups in total. The van der Waals surface area contributed by atoms with E-state index in [2.05, 4.69) is 93.7 Å². The molecule has 0 radical (unpaired) electrons. The van der Waals surface area contributed by atoms with E-state index in [1.807, 2.05) is 27.7 Å². The molecule has 0 aromatic carbocycles. The van der Waals surface area contributed by atoms with Crippen LogP contribution in [0.15, 0.2) is 0 Å². The average molecular weight is 705 g/mol. The molecule has 298 valence electrons. The second-order valence-electron chi connectivity index (χ2n) is 16.1. The summed E-state index contributed by atoms with van der Waals surface area (Å²) in [5.74, 6) is 4.52. The molecule has 0 atom stereocenters. The van der Waals surface area contributed by atoms with Gasteiger partial charge in [-0.3, -0.25) is 9.59 Å². The summed E-state index contributed by atoms with van der Waals surface area (Å²) in [5, 5.41) is 5.80. The van der Waals surface area contributed by atoms with Crippen LogP contribution in [0.3, 0.4) is 0 Å². The second-order valence-corrected chi connectivity index (χ2v) is 16.1. The van der Waals surface area contributed by atoms with Crippen molar-refractivity contribution >= 4 is 11.8 Å². The lowest BCUT2D eigenvalue weighted by atomic mass is 10.1. The van der Waals surface area contributed by atoms with Gasteiger partial charge in [0.05, 0.1) is 32.5 Å². The van der Waals surface area contributed by atoms with Gasteiger partial charge in [-0.15, -0.1) is 0 Å². The van der Waals surface area contributed by atoms with E-state index in [1.165, 1.54) is 0 Å². The van der Waals surface area contributed by atoms with E-state index in [1.54, 1.807) is 0 Å². The average Bonchev–Trinajstić information content (AvgIpc) is 2.97. The van der Waals surface area contributed by atoms with Gasteiger partial charge in [0, 0.05) is 45.2 Å². The van der Waals surface area contributed by atoms with Crippen LogP contribution in [0, 0.1) is 41.4 Å². The first-order chi connectivity index (χ1) is 22.8. The summed E-state index contributed by atoms with van der Waals surface area (Å²) in [5.41, 5.74) is 0. The van der Waals surface area contributed by atoms with Gasteiger partial charge in [-0.2, -0.15) is 0 Å². The Morgan fingerprint density at radius 1 is 0.449 bits per heavy atom. The first-order valence-corrected chi connectivity index (χ1v) is 19.7. The predicted octanol–water partition coefficient (Wildman–Crippen LogP) is 9.59. The van der Waals surface area contributed by atoms with Crippen LogP contribution in [-0.2, 0) is 28.5 Å². The van der Waals surface area contributed by atoms with E-state index in [9.17, 15) is 9.59 Å². The molecule has 0 aliphatic carbocycles. The first-order valence-electron chi connectivity index (χ1n) is 19.7. The highest BCUT2D eigenvalue weighted by Gasteiger charge is 2.05. The van der Waals surface area contributed by atoms with E-state index < -0.39 is 0 Å². The number of hydrogen-bond acceptors (Lipinski definition) is 6. The molecule has 0 bridgehead atoms. The second kappa shape index (κ2) is 39.6. The van der Waals surface area contributed by atoms with Crippen LogP contribution >= 0.6 is 0 Å². The fourth-order valence-corrected chi connectivity index (χ4v) is 3.32. The molecule has 2 amide bonds. The number of nitrogens with one attached hydrogen (secondary N) is 2. The lowest BCUT2D eigenvalue weighted by molar-refractivity contribution is -0.124. The van der Waals surface area contributed by atoms with Gasteiger partial charge in [0.25, 0.3) is 0 Å². The van der Waals surface area contributed by atoms with Gasteiger partial charge < -0.3 is 29.6 Å². The fraction of sp³-hybridized carbons (Fsp3) is 0.951. The van der Waals surface area contributed by atoms with Crippen LogP contribution in [0.25, 0.3) is 0 Å². The molecule has 0 rings (SSSR count). The summed E-state index contributed by atoms with van der Waals surface area (Å²) >= 11 is 0. The van der Waals surface area contributed by atoms with Crippen LogP contribution < -0.4 is 10.6 Å². The zero-order valence-corrected chi connectivity index (χ0v) is 35.7. The molecular weight excluding hydrogens is 616 g/mol. The van der Waals surface area contributed by atoms with Crippen molar-refractivity contribution in [2.24, 2.45) is 41.4 Å². The number of hydrogen-bond donors (Lipinski definition) is 2. The highest BCUT2D eigenvalue weighted by atomic mass is 16.5. The molecule has 0 saturated carbocycles. The van der Waals surface area contributed by atoms with Crippen molar-refractivity contribution in [1.82, 2.24) is 10.6 Å². The van der Waals surface area contributed by atoms with Gasteiger partial charge in [0.15, 0.2) is 0 Å². The Kier molecular flexibility index (Phi) is 44.0. The number of carbonyl (C=O) groups is 2.